The molecule has 0 bridgehead atoms. The number of carboxylic acids is 1. The third-order valence-electron chi connectivity index (χ3n) is 5.29. The highest BCUT2D eigenvalue weighted by molar-refractivity contribution is 5.76. The van der Waals surface area contributed by atoms with Crippen molar-refractivity contribution in [1.82, 2.24) is 4.90 Å². The van der Waals surface area contributed by atoms with Crippen molar-refractivity contribution in [2.24, 2.45) is 0 Å². The van der Waals surface area contributed by atoms with Gasteiger partial charge in [-0.25, -0.2) is 0 Å². The van der Waals surface area contributed by atoms with Crippen LogP contribution in [-0.2, 0) is 22.2 Å². The first-order valence-electron chi connectivity index (χ1n) is 10.1. The molecule has 4 heteroatoms. The molecule has 0 heterocycles. The number of rotatable bonds is 5. The molecule has 0 saturated carbocycles. The lowest BCUT2D eigenvalue weighted by Crippen LogP contribution is -2.31. The standard InChI is InChI=1S/C25H35NO3/c1-16-9-11-17(12-10-16)15-26(8)21(23(28)29)18-13-19(24(2,3)4)22(27)20(14-18)25(5,6)7/h9-14,21,27H,15H2,1-8H3,(H,28,29). The van der Waals surface area contributed by atoms with Crippen LogP contribution in [0.5, 0.6) is 5.75 Å². The van der Waals surface area contributed by atoms with Crippen molar-refractivity contribution in [3.05, 3.63) is 64.2 Å². The van der Waals surface area contributed by atoms with Crippen LogP contribution < -0.4 is 0 Å². The van der Waals surface area contributed by atoms with Gasteiger partial charge in [0.2, 0.25) is 0 Å². The Bertz CT molecular complexity index is 835. The highest BCUT2D eigenvalue weighted by Gasteiger charge is 2.31. The minimum atomic E-state index is -0.898. The van der Waals surface area contributed by atoms with Gasteiger partial charge in [0.25, 0.3) is 0 Å². The molecule has 0 saturated heterocycles. The third-order valence-corrected chi connectivity index (χ3v) is 5.29. The van der Waals surface area contributed by atoms with E-state index in [0.29, 0.717) is 12.1 Å². The monoisotopic (exact) mass is 397 g/mol. The Labute approximate surface area is 175 Å². The number of aliphatic carboxylic acids is 1. The van der Waals surface area contributed by atoms with Gasteiger partial charge < -0.3 is 10.2 Å². The van der Waals surface area contributed by atoms with Crippen LogP contribution in [-0.4, -0.2) is 28.1 Å². The zero-order valence-electron chi connectivity index (χ0n) is 19.0. The molecule has 29 heavy (non-hydrogen) atoms. The molecule has 0 radical (unpaired) electrons. The van der Waals surface area contributed by atoms with Crippen LogP contribution >= 0.6 is 0 Å². The highest BCUT2D eigenvalue weighted by atomic mass is 16.4. The molecule has 2 aromatic rings. The van der Waals surface area contributed by atoms with E-state index in [-0.39, 0.29) is 16.6 Å². The Morgan fingerprint density at radius 2 is 1.41 bits per heavy atom. The molecule has 0 fully saturated rings. The zero-order chi connectivity index (χ0) is 22.1. The summed E-state index contributed by atoms with van der Waals surface area (Å²) in [6.45, 7) is 14.7. The molecule has 1 unspecified atom stereocenters. The van der Waals surface area contributed by atoms with Crippen LogP contribution in [0.15, 0.2) is 36.4 Å². The molecule has 0 amide bonds. The number of hydrogen-bond acceptors (Lipinski definition) is 3. The second kappa shape index (κ2) is 8.19. The molecule has 0 aliphatic heterocycles. The molecule has 0 spiro atoms. The van der Waals surface area contributed by atoms with E-state index in [0.717, 1.165) is 16.7 Å². The molecular weight excluding hydrogens is 362 g/mol. The number of nitrogens with zero attached hydrogens (tertiary/aromatic N) is 1. The van der Waals surface area contributed by atoms with E-state index >= 15 is 0 Å². The van der Waals surface area contributed by atoms with Crippen LogP contribution in [0.25, 0.3) is 0 Å². The second-order valence-corrected chi connectivity index (χ2v) is 10.1. The van der Waals surface area contributed by atoms with Crippen molar-refractivity contribution < 1.29 is 15.0 Å². The number of aromatic hydroxyl groups is 1. The van der Waals surface area contributed by atoms with Crippen molar-refractivity contribution in [3.8, 4) is 5.75 Å². The first-order valence-corrected chi connectivity index (χ1v) is 10.1. The molecule has 2 rings (SSSR count). The molecular formula is C25H35NO3. The molecule has 0 aromatic heterocycles. The molecule has 158 valence electrons. The lowest BCUT2D eigenvalue weighted by atomic mass is 9.77. The van der Waals surface area contributed by atoms with Gasteiger partial charge in [-0.1, -0.05) is 71.4 Å². The molecule has 2 N–H and O–H groups in total. The number of likely N-dealkylation sites (N-methyl/N-ethyl adjacent to an activating group) is 1. The summed E-state index contributed by atoms with van der Waals surface area (Å²) >= 11 is 0. The van der Waals surface area contributed by atoms with Crippen LogP contribution in [0.4, 0.5) is 0 Å². The van der Waals surface area contributed by atoms with E-state index in [1.165, 1.54) is 5.56 Å². The maximum Gasteiger partial charge on any atom is 0.325 e. The van der Waals surface area contributed by atoms with Crippen LogP contribution in [0.3, 0.4) is 0 Å². The van der Waals surface area contributed by atoms with Crippen molar-refractivity contribution in [2.45, 2.75) is 71.9 Å². The van der Waals surface area contributed by atoms with Gasteiger partial charge in [0.15, 0.2) is 0 Å². The number of benzene rings is 2. The van der Waals surface area contributed by atoms with Crippen molar-refractivity contribution in [3.63, 3.8) is 0 Å². The molecule has 1 atom stereocenters. The van der Waals surface area contributed by atoms with Gasteiger partial charge >= 0.3 is 5.97 Å². The van der Waals surface area contributed by atoms with Gasteiger partial charge in [-0.15, -0.1) is 0 Å². The fraction of sp³-hybridized carbons (Fsp3) is 0.480. The van der Waals surface area contributed by atoms with Gasteiger partial charge in [-0.05, 0) is 59.2 Å². The van der Waals surface area contributed by atoms with Crippen molar-refractivity contribution in [1.29, 1.82) is 0 Å². The largest absolute Gasteiger partial charge is 0.507 e. The summed E-state index contributed by atoms with van der Waals surface area (Å²) in [7, 11) is 1.83. The van der Waals surface area contributed by atoms with E-state index in [2.05, 4.69) is 0 Å². The van der Waals surface area contributed by atoms with E-state index in [9.17, 15) is 15.0 Å². The van der Waals surface area contributed by atoms with E-state index in [1.54, 1.807) is 0 Å². The maximum absolute atomic E-state index is 12.3. The number of aryl methyl sites for hydroxylation is 1. The van der Waals surface area contributed by atoms with Gasteiger partial charge in [0.1, 0.15) is 11.8 Å². The first-order chi connectivity index (χ1) is 13.2. The fourth-order valence-electron chi connectivity index (χ4n) is 3.62. The van der Waals surface area contributed by atoms with Gasteiger partial charge in [-0.3, -0.25) is 9.69 Å². The second-order valence-electron chi connectivity index (χ2n) is 10.1. The Hall–Kier alpha value is -2.33. The summed E-state index contributed by atoms with van der Waals surface area (Å²) in [6, 6.07) is 11.0. The van der Waals surface area contributed by atoms with Gasteiger partial charge in [0, 0.05) is 6.54 Å². The fourth-order valence-corrected chi connectivity index (χ4v) is 3.62. The average molecular weight is 398 g/mol. The summed E-state index contributed by atoms with van der Waals surface area (Å²) in [5.41, 5.74) is 3.87. The summed E-state index contributed by atoms with van der Waals surface area (Å²) in [4.78, 5) is 14.1. The molecule has 4 nitrogen and oxygen atoms in total. The summed E-state index contributed by atoms with van der Waals surface area (Å²) < 4.78 is 0. The quantitative estimate of drug-likeness (QED) is 0.694. The Kier molecular flexibility index (Phi) is 6.48. The topological polar surface area (TPSA) is 60.8 Å². The molecule has 0 aliphatic carbocycles. The van der Waals surface area contributed by atoms with E-state index in [1.807, 2.05) is 96.8 Å². The van der Waals surface area contributed by atoms with E-state index in [4.69, 9.17) is 0 Å². The predicted molar refractivity (Wildman–Crippen MR) is 119 cm³/mol. The minimum Gasteiger partial charge on any atom is -0.507 e. The summed E-state index contributed by atoms with van der Waals surface area (Å²) in [5, 5.41) is 21.0. The Morgan fingerprint density at radius 1 is 0.966 bits per heavy atom. The number of carboxylic acid groups (broad SMARTS) is 1. The zero-order valence-corrected chi connectivity index (χ0v) is 19.0. The Balaban J connectivity index is 2.57. The summed E-state index contributed by atoms with van der Waals surface area (Å²) in [5.74, 6) is -0.635. The van der Waals surface area contributed by atoms with Crippen molar-refractivity contribution in [2.75, 3.05) is 7.05 Å². The molecule has 0 aliphatic rings. The first kappa shape index (κ1) is 23.0. The van der Waals surface area contributed by atoms with E-state index < -0.39 is 12.0 Å². The number of hydrogen-bond donors (Lipinski definition) is 2. The highest BCUT2D eigenvalue weighted by Crippen LogP contribution is 2.41. The normalized spacial score (nSPS) is 13.6. The third kappa shape index (κ3) is 5.39. The predicted octanol–water partition coefficient (Wildman–Crippen LogP) is 5.55. The molecule has 2 aromatic carbocycles. The number of phenolic OH excluding ortho intramolecular Hbond substituents is 1. The number of carbonyl (C=O) groups is 1. The smallest absolute Gasteiger partial charge is 0.325 e. The SMILES string of the molecule is Cc1ccc(CN(C)C(C(=O)O)c2cc(C(C)(C)C)c(O)c(C(C)(C)C)c2)cc1. The minimum absolute atomic E-state index is 0.263. The number of phenols is 1. The van der Waals surface area contributed by atoms with Crippen LogP contribution in [0, 0.1) is 6.92 Å². The van der Waals surface area contributed by atoms with Gasteiger partial charge in [0.05, 0.1) is 0 Å². The van der Waals surface area contributed by atoms with Crippen LogP contribution in [0.1, 0.15) is 75.4 Å². The average Bonchev–Trinajstić information content (AvgIpc) is 2.56. The lowest BCUT2D eigenvalue weighted by molar-refractivity contribution is -0.143. The maximum atomic E-state index is 12.3. The van der Waals surface area contributed by atoms with Crippen molar-refractivity contribution >= 4 is 5.97 Å². The lowest BCUT2D eigenvalue weighted by Gasteiger charge is -2.31. The summed E-state index contributed by atoms with van der Waals surface area (Å²) in [6.07, 6.45) is 0. The van der Waals surface area contributed by atoms with Gasteiger partial charge in [-0.2, -0.15) is 0 Å². The Morgan fingerprint density at radius 3 is 1.79 bits per heavy atom. The van der Waals surface area contributed by atoms with Crippen LogP contribution in [0.2, 0.25) is 0 Å².